The van der Waals surface area contributed by atoms with E-state index in [4.69, 9.17) is 5.11 Å². The lowest BCUT2D eigenvalue weighted by Crippen LogP contribution is -2.28. The van der Waals surface area contributed by atoms with Crippen molar-refractivity contribution < 1.29 is 9.90 Å². The van der Waals surface area contributed by atoms with Gasteiger partial charge in [0, 0.05) is 12.2 Å². The van der Waals surface area contributed by atoms with Gasteiger partial charge in [-0.3, -0.25) is 4.79 Å². The van der Waals surface area contributed by atoms with Crippen LogP contribution >= 0.6 is 0 Å². The van der Waals surface area contributed by atoms with Gasteiger partial charge >= 0.3 is 0 Å². The van der Waals surface area contributed by atoms with Crippen LogP contribution in [0.5, 0.6) is 0 Å². The molecule has 4 heteroatoms. The Hall–Kier alpha value is -1.65. The molecule has 0 atom stereocenters. The summed E-state index contributed by atoms with van der Waals surface area (Å²) in [5, 5.41) is 14.5. The maximum Gasteiger partial charge on any atom is 0.238 e. The Morgan fingerprint density at radius 3 is 2.62 bits per heavy atom. The zero-order chi connectivity index (χ0) is 11.8. The lowest BCUT2D eigenvalue weighted by atomic mass is 10.2. The summed E-state index contributed by atoms with van der Waals surface area (Å²) in [5.41, 5.74) is 1.55. The number of aliphatic hydroxyl groups is 1. The molecular weight excluding hydrogens is 204 g/mol. The summed E-state index contributed by atoms with van der Waals surface area (Å²) < 4.78 is 0. The standard InChI is InChI=1S/C12H16N2O2/c1-2-7-13-8-12(16)14-11-5-3-10(9-15)4-6-11/h2-6,13,15H,1,7-9H2,(H,14,16). The highest BCUT2D eigenvalue weighted by molar-refractivity contribution is 5.92. The van der Waals surface area contributed by atoms with Gasteiger partial charge < -0.3 is 15.7 Å². The third-order valence-electron chi connectivity index (χ3n) is 1.99. The minimum atomic E-state index is -0.0985. The molecule has 1 aromatic carbocycles. The predicted molar refractivity (Wildman–Crippen MR) is 64.1 cm³/mol. The first-order valence-corrected chi connectivity index (χ1v) is 5.07. The third kappa shape index (κ3) is 4.25. The number of aliphatic hydroxyl groups excluding tert-OH is 1. The van der Waals surface area contributed by atoms with Crippen LogP contribution in [0.2, 0.25) is 0 Å². The summed E-state index contributed by atoms with van der Waals surface area (Å²) in [6, 6.07) is 7.06. The van der Waals surface area contributed by atoms with Crippen LogP contribution in [-0.4, -0.2) is 24.1 Å². The smallest absolute Gasteiger partial charge is 0.238 e. The Morgan fingerprint density at radius 2 is 2.06 bits per heavy atom. The number of nitrogens with one attached hydrogen (secondary N) is 2. The highest BCUT2D eigenvalue weighted by Gasteiger charge is 2.00. The zero-order valence-corrected chi connectivity index (χ0v) is 9.07. The molecule has 0 unspecified atom stereocenters. The van der Waals surface area contributed by atoms with Crippen LogP contribution in [0.3, 0.4) is 0 Å². The molecule has 0 saturated heterocycles. The van der Waals surface area contributed by atoms with E-state index in [1.807, 2.05) is 0 Å². The van der Waals surface area contributed by atoms with Gasteiger partial charge in [-0.05, 0) is 17.7 Å². The van der Waals surface area contributed by atoms with E-state index < -0.39 is 0 Å². The van der Waals surface area contributed by atoms with Crippen LogP contribution < -0.4 is 10.6 Å². The molecule has 0 aliphatic carbocycles. The maximum atomic E-state index is 11.4. The normalized spacial score (nSPS) is 9.81. The number of rotatable bonds is 6. The van der Waals surface area contributed by atoms with Crippen molar-refractivity contribution >= 4 is 11.6 Å². The van der Waals surface area contributed by atoms with Crippen molar-refractivity contribution in [3.05, 3.63) is 42.5 Å². The summed E-state index contributed by atoms with van der Waals surface area (Å²) in [4.78, 5) is 11.4. The number of carbonyl (C=O) groups excluding carboxylic acids is 1. The molecule has 0 fully saturated rings. The van der Waals surface area contributed by atoms with E-state index in [2.05, 4.69) is 17.2 Å². The minimum Gasteiger partial charge on any atom is -0.392 e. The molecular formula is C12H16N2O2. The molecule has 0 aliphatic heterocycles. The molecule has 3 N–H and O–H groups in total. The number of amides is 1. The molecule has 1 aromatic rings. The first-order chi connectivity index (χ1) is 7.76. The van der Waals surface area contributed by atoms with E-state index in [-0.39, 0.29) is 19.1 Å². The second-order valence-corrected chi connectivity index (χ2v) is 3.32. The maximum absolute atomic E-state index is 11.4. The monoisotopic (exact) mass is 220 g/mol. The Morgan fingerprint density at radius 1 is 1.38 bits per heavy atom. The number of hydrogen-bond acceptors (Lipinski definition) is 3. The van der Waals surface area contributed by atoms with Gasteiger partial charge in [0.25, 0.3) is 0 Å². The van der Waals surface area contributed by atoms with E-state index in [0.717, 1.165) is 11.3 Å². The highest BCUT2D eigenvalue weighted by atomic mass is 16.3. The lowest BCUT2D eigenvalue weighted by molar-refractivity contribution is -0.115. The molecule has 0 radical (unpaired) electrons. The molecule has 0 aromatic heterocycles. The highest BCUT2D eigenvalue weighted by Crippen LogP contribution is 2.08. The van der Waals surface area contributed by atoms with Crippen molar-refractivity contribution in [1.82, 2.24) is 5.32 Å². The number of benzene rings is 1. The molecule has 0 spiro atoms. The summed E-state index contributed by atoms with van der Waals surface area (Å²) in [6.45, 7) is 4.42. The minimum absolute atomic E-state index is 0.00904. The van der Waals surface area contributed by atoms with Gasteiger partial charge in [0.15, 0.2) is 0 Å². The van der Waals surface area contributed by atoms with Gasteiger partial charge in [-0.25, -0.2) is 0 Å². The van der Waals surface area contributed by atoms with Crippen molar-refractivity contribution in [3.8, 4) is 0 Å². The predicted octanol–water partition coefficient (Wildman–Crippen LogP) is 0.893. The van der Waals surface area contributed by atoms with Gasteiger partial charge in [0.2, 0.25) is 5.91 Å². The quantitative estimate of drug-likeness (QED) is 0.493. The molecule has 1 amide bonds. The van der Waals surface area contributed by atoms with Crippen LogP contribution in [-0.2, 0) is 11.4 Å². The van der Waals surface area contributed by atoms with Crippen LogP contribution in [0.25, 0.3) is 0 Å². The second kappa shape index (κ2) is 6.76. The van der Waals surface area contributed by atoms with E-state index in [9.17, 15) is 4.79 Å². The molecule has 4 nitrogen and oxygen atoms in total. The Kier molecular flexibility index (Phi) is 5.25. The van der Waals surface area contributed by atoms with Crippen LogP contribution in [0.4, 0.5) is 5.69 Å². The second-order valence-electron chi connectivity index (χ2n) is 3.32. The summed E-state index contributed by atoms with van der Waals surface area (Å²) in [6.07, 6.45) is 1.70. The fourth-order valence-electron chi connectivity index (χ4n) is 1.19. The van der Waals surface area contributed by atoms with Gasteiger partial charge in [-0.15, -0.1) is 6.58 Å². The van der Waals surface area contributed by atoms with Gasteiger partial charge in [0.05, 0.1) is 13.2 Å². The summed E-state index contributed by atoms with van der Waals surface area (Å²) in [7, 11) is 0. The van der Waals surface area contributed by atoms with E-state index in [1.165, 1.54) is 0 Å². The van der Waals surface area contributed by atoms with Crippen molar-refractivity contribution in [1.29, 1.82) is 0 Å². The summed E-state index contributed by atoms with van der Waals surface area (Å²) >= 11 is 0. The van der Waals surface area contributed by atoms with Crippen LogP contribution in [0, 0.1) is 0 Å². The van der Waals surface area contributed by atoms with Crippen molar-refractivity contribution in [2.45, 2.75) is 6.61 Å². The van der Waals surface area contributed by atoms with Crippen LogP contribution in [0.15, 0.2) is 36.9 Å². The van der Waals surface area contributed by atoms with E-state index >= 15 is 0 Å². The average molecular weight is 220 g/mol. The molecule has 0 aliphatic rings. The number of anilines is 1. The Balaban J connectivity index is 2.40. The van der Waals surface area contributed by atoms with Crippen molar-refractivity contribution in [2.75, 3.05) is 18.4 Å². The molecule has 16 heavy (non-hydrogen) atoms. The summed E-state index contributed by atoms with van der Waals surface area (Å²) in [5.74, 6) is -0.0985. The van der Waals surface area contributed by atoms with Crippen molar-refractivity contribution in [2.24, 2.45) is 0 Å². The molecule has 1 rings (SSSR count). The van der Waals surface area contributed by atoms with Gasteiger partial charge in [0.1, 0.15) is 0 Å². The molecule has 0 saturated carbocycles. The molecule has 0 heterocycles. The molecule has 86 valence electrons. The first kappa shape index (κ1) is 12.4. The number of carbonyl (C=O) groups is 1. The Bertz CT molecular complexity index is 347. The first-order valence-electron chi connectivity index (χ1n) is 5.07. The fourth-order valence-corrected chi connectivity index (χ4v) is 1.19. The van der Waals surface area contributed by atoms with Crippen LogP contribution in [0.1, 0.15) is 5.56 Å². The van der Waals surface area contributed by atoms with Crippen molar-refractivity contribution in [3.63, 3.8) is 0 Å². The van der Waals surface area contributed by atoms with E-state index in [0.29, 0.717) is 6.54 Å². The largest absolute Gasteiger partial charge is 0.392 e. The molecule has 0 bridgehead atoms. The topological polar surface area (TPSA) is 61.4 Å². The SMILES string of the molecule is C=CCNCC(=O)Nc1ccc(CO)cc1. The van der Waals surface area contributed by atoms with Gasteiger partial charge in [-0.1, -0.05) is 18.2 Å². The Labute approximate surface area is 95.0 Å². The lowest BCUT2D eigenvalue weighted by Gasteiger charge is -2.06. The third-order valence-corrected chi connectivity index (χ3v) is 1.99. The van der Waals surface area contributed by atoms with E-state index in [1.54, 1.807) is 30.3 Å². The van der Waals surface area contributed by atoms with Gasteiger partial charge in [-0.2, -0.15) is 0 Å². The average Bonchev–Trinajstić information content (AvgIpc) is 2.30. The fraction of sp³-hybridized carbons (Fsp3) is 0.250. The number of hydrogen-bond donors (Lipinski definition) is 3. The zero-order valence-electron chi connectivity index (χ0n) is 9.07.